The molecule has 104 valence electrons. The highest BCUT2D eigenvalue weighted by Gasteiger charge is 2.08. The monoisotopic (exact) mass is 273 g/mol. The van der Waals surface area contributed by atoms with Gasteiger partial charge in [-0.25, -0.2) is 0 Å². The molecule has 1 nitrogen and oxygen atoms in total. The number of aromatic nitrogens is 1. The normalized spacial score (nSPS) is 10.5. The van der Waals surface area contributed by atoms with Crippen LogP contribution in [-0.2, 0) is 6.42 Å². The number of nitrogens with zero attached hydrogens (tertiary/aromatic N) is 1. The first-order valence-corrected chi connectivity index (χ1v) is 7.48. The maximum Gasteiger partial charge on any atom is 0.0482 e. The number of hydrogen-bond acceptors (Lipinski definition) is 1. The van der Waals surface area contributed by atoms with Crippen molar-refractivity contribution in [3.05, 3.63) is 78.6 Å². The molecule has 1 aromatic heterocycles. The summed E-state index contributed by atoms with van der Waals surface area (Å²) >= 11 is 0. The lowest BCUT2D eigenvalue weighted by atomic mass is 9.97. The lowest BCUT2D eigenvalue weighted by Gasteiger charge is -2.11. The van der Waals surface area contributed by atoms with Gasteiger partial charge in [-0.3, -0.25) is 4.98 Å². The molecule has 0 N–H and O–H groups in total. The summed E-state index contributed by atoms with van der Waals surface area (Å²) < 4.78 is 0. The van der Waals surface area contributed by atoms with E-state index in [1.54, 1.807) is 0 Å². The van der Waals surface area contributed by atoms with Crippen LogP contribution in [0.2, 0.25) is 0 Å². The number of benzene rings is 2. The summed E-state index contributed by atoms with van der Waals surface area (Å²) in [6, 6.07) is 23.2. The molecular weight excluding hydrogens is 254 g/mol. The van der Waals surface area contributed by atoms with Gasteiger partial charge in [0.15, 0.2) is 0 Å². The van der Waals surface area contributed by atoms with Gasteiger partial charge in [0.25, 0.3) is 0 Å². The molecular formula is C20H19N. The molecule has 0 saturated heterocycles. The van der Waals surface area contributed by atoms with Crippen molar-refractivity contribution in [2.45, 2.75) is 19.8 Å². The first-order chi connectivity index (χ1) is 10.4. The average molecular weight is 273 g/mol. The zero-order valence-electron chi connectivity index (χ0n) is 12.3. The largest absolute Gasteiger partial charge is 0.260 e. The van der Waals surface area contributed by atoms with E-state index < -0.39 is 0 Å². The third-order valence-corrected chi connectivity index (χ3v) is 3.65. The van der Waals surface area contributed by atoms with Gasteiger partial charge >= 0.3 is 0 Å². The Morgan fingerprint density at radius 3 is 2.00 bits per heavy atom. The molecule has 21 heavy (non-hydrogen) atoms. The third kappa shape index (κ3) is 3.03. The van der Waals surface area contributed by atoms with E-state index >= 15 is 0 Å². The Kier molecular flexibility index (Phi) is 4.11. The van der Waals surface area contributed by atoms with Crippen molar-refractivity contribution in [3.8, 4) is 22.3 Å². The second-order valence-electron chi connectivity index (χ2n) is 5.20. The van der Waals surface area contributed by atoms with Gasteiger partial charge in [0.1, 0.15) is 0 Å². The molecule has 0 fully saturated rings. The van der Waals surface area contributed by atoms with Crippen LogP contribution in [0.3, 0.4) is 0 Å². The Morgan fingerprint density at radius 1 is 0.762 bits per heavy atom. The van der Waals surface area contributed by atoms with Crippen molar-refractivity contribution < 1.29 is 0 Å². The average Bonchev–Trinajstić information content (AvgIpc) is 2.57. The van der Waals surface area contributed by atoms with Crippen LogP contribution in [0, 0.1) is 0 Å². The number of pyridine rings is 1. The quantitative estimate of drug-likeness (QED) is 0.623. The second kappa shape index (κ2) is 6.36. The zero-order chi connectivity index (χ0) is 14.5. The van der Waals surface area contributed by atoms with Crippen LogP contribution in [0.25, 0.3) is 22.3 Å². The molecule has 2 aromatic carbocycles. The SMILES string of the molecule is CCCc1ncc(-c2ccccc2)cc1-c1ccccc1. The second-order valence-corrected chi connectivity index (χ2v) is 5.20. The Bertz CT molecular complexity index is 702. The van der Waals surface area contributed by atoms with E-state index in [0.29, 0.717) is 0 Å². The first-order valence-electron chi connectivity index (χ1n) is 7.48. The molecule has 3 rings (SSSR count). The van der Waals surface area contributed by atoms with E-state index in [1.165, 1.54) is 27.9 Å². The summed E-state index contributed by atoms with van der Waals surface area (Å²) in [4.78, 5) is 4.72. The van der Waals surface area contributed by atoms with Crippen molar-refractivity contribution in [3.63, 3.8) is 0 Å². The van der Waals surface area contributed by atoms with Crippen LogP contribution in [-0.4, -0.2) is 4.98 Å². The van der Waals surface area contributed by atoms with Crippen molar-refractivity contribution >= 4 is 0 Å². The lowest BCUT2D eigenvalue weighted by Crippen LogP contribution is -1.95. The molecule has 0 aliphatic carbocycles. The van der Waals surface area contributed by atoms with E-state index in [2.05, 4.69) is 67.6 Å². The van der Waals surface area contributed by atoms with E-state index in [4.69, 9.17) is 4.98 Å². The molecule has 0 aliphatic rings. The van der Waals surface area contributed by atoms with Gasteiger partial charge in [-0.1, -0.05) is 74.0 Å². The molecule has 0 radical (unpaired) electrons. The number of rotatable bonds is 4. The Labute approximate surface area is 126 Å². The molecule has 1 heterocycles. The van der Waals surface area contributed by atoms with Gasteiger partial charge in [-0.15, -0.1) is 0 Å². The van der Waals surface area contributed by atoms with Crippen molar-refractivity contribution in [1.82, 2.24) is 4.98 Å². The van der Waals surface area contributed by atoms with Gasteiger partial charge in [-0.05, 0) is 23.6 Å². The van der Waals surface area contributed by atoms with E-state index in [9.17, 15) is 0 Å². The summed E-state index contributed by atoms with van der Waals surface area (Å²) in [5, 5.41) is 0. The van der Waals surface area contributed by atoms with E-state index in [-0.39, 0.29) is 0 Å². The summed E-state index contributed by atoms with van der Waals surface area (Å²) in [6.45, 7) is 2.20. The number of hydrogen-bond donors (Lipinski definition) is 0. The van der Waals surface area contributed by atoms with Crippen LogP contribution >= 0.6 is 0 Å². The highest BCUT2D eigenvalue weighted by Crippen LogP contribution is 2.28. The predicted molar refractivity (Wildman–Crippen MR) is 89.1 cm³/mol. The standard InChI is InChI=1S/C20H19N/c1-2-9-20-19(17-12-7-4-8-13-17)14-18(15-21-20)16-10-5-3-6-11-16/h3-8,10-15H,2,9H2,1H3. The molecule has 1 heteroatoms. The van der Waals surface area contributed by atoms with Gasteiger partial charge < -0.3 is 0 Å². The molecule has 0 spiro atoms. The third-order valence-electron chi connectivity index (χ3n) is 3.65. The Morgan fingerprint density at radius 2 is 1.38 bits per heavy atom. The van der Waals surface area contributed by atoms with Gasteiger partial charge in [0, 0.05) is 23.0 Å². The van der Waals surface area contributed by atoms with Crippen molar-refractivity contribution in [2.75, 3.05) is 0 Å². The first kappa shape index (κ1) is 13.6. The highest BCUT2D eigenvalue weighted by atomic mass is 14.7. The fraction of sp³-hybridized carbons (Fsp3) is 0.150. The van der Waals surface area contributed by atoms with Crippen molar-refractivity contribution in [2.24, 2.45) is 0 Å². The minimum Gasteiger partial charge on any atom is -0.260 e. The van der Waals surface area contributed by atoms with E-state index in [0.717, 1.165) is 12.8 Å². The summed E-state index contributed by atoms with van der Waals surface area (Å²) in [5.74, 6) is 0. The maximum atomic E-state index is 4.72. The molecule has 3 aromatic rings. The van der Waals surface area contributed by atoms with Crippen LogP contribution in [0.5, 0.6) is 0 Å². The molecule has 0 atom stereocenters. The topological polar surface area (TPSA) is 12.9 Å². The minimum atomic E-state index is 1.01. The van der Waals surface area contributed by atoms with Crippen LogP contribution in [0.4, 0.5) is 0 Å². The molecule has 0 saturated carbocycles. The minimum absolute atomic E-state index is 1.01. The Balaban J connectivity index is 2.11. The predicted octanol–water partition coefficient (Wildman–Crippen LogP) is 5.37. The number of aryl methyl sites for hydroxylation is 1. The highest BCUT2D eigenvalue weighted by molar-refractivity contribution is 5.73. The molecule has 0 aliphatic heterocycles. The van der Waals surface area contributed by atoms with Gasteiger partial charge in [0.2, 0.25) is 0 Å². The lowest BCUT2D eigenvalue weighted by molar-refractivity contribution is 0.885. The van der Waals surface area contributed by atoms with Crippen LogP contribution in [0.15, 0.2) is 72.9 Å². The summed E-state index contributed by atoms with van der Waals surface area (Å²) in [7, 11) is 0. The molecule has 0 bridgehead atoms. The fourth-order valence-corrected chi connectivity index (χ4v) is 2.59. The van der Waals surface area contributed by atoms with E-state index in [1.807, 2.05) is 12.3 Å². The fourth-order valence-electron chi connectivity index (χ4n) is 2.59. The summed E-state index contributed by atoms with van der Waals surface area (Å²) in [6.07, 6.45) is 4.11. The smallest absolute Gasteiger partial charge is 0.0482 e. The van der Waals surface area contributed by atoms with Crippen LogP contribution in [0.1, 0.15) is 19.0 Å². The molecule has 0 amide bonds. The van der Waals surface area contributed by atoms with Crippen LogP contribution < -0.4 is 0 Å². The summed E-state index contributed by atoms with van der Waals surface area (Å²) in [5.41, 5.74) is 6.06. The molecule has 0 unspecified atom stereocenters. The maximum absolute atomic E-state index is 4.72. The Hall–Kier alpha value is -2.41. The van der Waals surface area contributed by atoms with Gasteiger partial charge in [-0.2, -0.15) is 0 Å². The zero-order valence-corrected chi connectivity index (χ0v) is 12.3. The van der Waals surface area contributed by atoms with Gasteiger partial charge in [0.05, 0.1) is 0 Å². The van der Waals surface area contributed by atoms with Crippen molar-refractivity contribution in [1.29, 1.82) is 0 Å².